The summed E-state index contributed by atoms with van der Waals surface area (Å²) in [5, 5.41) is 14.4. The molecule has 1 fully saturated rings. The Morgan fingerprint density at radius 2 is 1.88 bits per heavy atom. The molecule has 1 N–H and O–H groups in total. The quantitative estimate of drug-likeness (QED) is 0.883. The molecule has 1 aliphatic rings. The first kappa shape index (κ1) is 17.8. The Bertz CT molecular complexity index is 827. The molecule has 1 aliphatic heterocycles. The Hall–Kier alpha value is -2.05. The number of carbonyl (C=O) groups is 2. The summed E-state index contributed by atoms with van der Waals surface area (Å²) in [4.78, 5) is 25.3. The zero-order chi connectivity index (χ0) is 18.1. The summed E-state index contributed by atoms with van der Waals surface area (Å²) in [6, 6.07) is 6.79. The average molecular weight is 382 g/mol. The van der Waals surface area contributed by atoms with E-state index in [1.54, 1.807) is 33.8 Å². The molecule has 1 aromatic carbocycles. The Morgan fingerprint density at radius 3 is 2.48 bits per heavy atom. The van der Waals surface area contributed by atoms with Crippen LogP contribution >= 0.6 is 23.2 Å². The lowest BCUT2D eigenvalue weighted by Crippen LogP contribution is -2.40. The van der Waals surface area contributed by atoms with Gasteiger partial charge in [0.05, 0.1) is 16.6 Å². The molecule has 6 nitrogen and oxygen atoms in total. The number of carboxylic acids is 1. The Balaban J connectivity index is 1.80. The molecule has 0 spiro atoms. The number of rotatable bonds is 3. The van der Waals surface area contributed by atoms with Gasteiger partial charge >= 0.3 is 5.97 Å². The SMILES string of the molecule is Cc1cc(C(=O)N2CCC(C(=O)O)CC2)nn1-c1ccc(Cl)cc1Cl. The first-order valence-electron chi connectivity index (χ1n) is 7.91. The minimum absolute atomic E-state index is 0.198. The van der Waals surface area contributed by atoms with Gasteiger partial charge in [-0.05, 0) is 44.0 Å². The van der Waals surface area contributed by atoms with Crippen LogP contribution in [0.3, 0.4) is 0 Å². The number of likely N-dealkylation sites (tertiary alicyclic amines) is 1. The molecule has 0 bridgehead atoms. The Kier molecular flexibility index (Phi) is 5.01. The largest absolute Gasteiger partial charge is 0.481 e. The van der Waals surface area contributed by atoms with Crippen LogP contribution < -0.4 is 0 Å². The van der Waals surface area contributed by atoms with E-state index in [0.717, 1.165) is 5.69 Å². The third-order valence-electron chi connectivity index (χ3n) is 4.38. The lowest BCUT2D eigenvalue weighted by atomic mass is 9.97. The van der Waals surface area contributed by atoms with Gasteiger partial charge in [0.2, 0.25) is 0 Å². The monoisotopic (exact) mass is 381 g/mol. The minimum atomic E-state index is -0.801. The molecule has 132 valence electrons. The summed E-state index contributed by atoms with van der Waals surface area (Å²) in [5.41, 5.74) is 1.73. The molecular formula is C17H17Cl2N3O3. The average Bonchev–Trinajstić information content (AvgIpc) is 2.96. The Morgan fingerprint density at radius 1 is 1.20 bits per heavy atom. The fourth-order valence-corrected chi connectivity index (χ4v) is 3.46. The number of halogens is 2. The maximum atomic E-state index is 12.7. The maximum absolute atomic E-state index is 12.7. The van der Waals surface area contributed by atoms with E-state index in [4.69, 9.17) is 28.3 Å². The molecule has 3 rings (SSSR count). The normalized spacial score (nSPS) is 15.4. The number of aryl methyl sites for hydroxylation is 1. The van der Waals surface area contributed by atoms with Crippen LogP contribution in [0.4, 0.5) is 0 Å². The highest BCUT2D eigenvalue weighted by Crippen LogP contribution is 2.26. The van der Waals surface area contributed by atoms with Crippen molar-refractivity contribution >= 4 is 35.1 Å². The van der Waals surface area contributed by atoms with Gasteiger partial charge in [-0.3, -0.25) is 9.59 Å². The van der Waals surface area contributed by atoms with E-state index in [2.05, 4.69) is 5.10 Å². The number of hydrogen-bond donors (Lipinski definition) is 1. The van der Waals surface area contributed by atoms with Gasteiger partial charge in [0, 0.05) is 23.8 Å². The van der Waals surface area contributed by atoms with Crippen molar-refractivity contribution in [2.24, 2.45) is 5.92 Å². The van der Waals surface area contributed by atoms with Crippen molar-refractivity contribution in [3.63, 3.8) is 0 Å². The van der Waals surface area contributed by atoms with E-state index in [0.29, 0.717) is 47.4 Å². The highest BCUT2D eigenvalue weighted by atomic mass is 35.5. The van der Waals surface area contributed by atoms with Crippen LogP contribution in [0.25, 0.3) is 5.69 Å². The number of piperidine rings is 1. The van der Waals surface area contributed by atoms with Crippen molar-refractivity contribution in [1.82, 2.24) is 14.7 Å². The molecule has 8 heteroatoms. The van der Waals surface area contributed by atoms with Crippen molar-refractivity contribution in [3.05, 3.63) is 45.7 Å². The molecule has 0 radical (unpaired) electrons. The third-order valence-corrected chi connectivity index (χ3v) is 4.91. The lowest BCUT2D eigenvalue weighted by molar-refractivity contribution is -0.143. The fraction of sp³-hybridized carbons (Fsp3) is 0.353. The minimum Gasteiger partial charge on any atom is -0.481 e. The molecule has 25 heavy (non-hydrogen) atoms. The van der Waals surface area contributed by atoms with Gasteiger partial charge in [0.1, 0.15) is 0 Å². The van der Waals surface area contributed by atoms with Gasteiger partial charge < -0.3 is 10.0 Å². The summed E-state index contributed by atoms with van der Waals surface area (Å²) in [7, 11) is 0. The van der Waals surface area contributed by atoms with Gasteiger partial charge in [0.15, 0.2) is 5.69 Å². The molecule has 1 aromatic heterocycles. The van der Waals surface area contributed by atoms with E-state index in [-0.39, 0.29) is 11.8 Å². The standard InChI is InChI=1S/C17H17Cl2N3O3/c1-10-8-14(16(23)21-6-4-11(5-7-21)17(24)25)20-22(10)15-3-2-12(18)9-13(15)19/h2-3,8-9,11H,4-7H2,1H3,(H,24,25). The first-order valence-corrected chi connectivity index (χ1v) is 8.66. The van der Waals surface area contributed by atoms with Crippen LogP contribution in [-0.2, 0) is 4.79 Å². The summed E-state index contributed by atoms with van der Waals surface area (Å²) >= 11 is 12.1. The van der Waals surface area contributed by atoms with Crippen LogP contribution in [-0.4, -0.2) is 44.8 Å². The number of nitrogens with zero attached hydrogens (tertiary/aromatic N) is 3. The highest BCUT2D eigenvalue weighted by Gasteiger charge is 2.28. The molecular weight excluding hydrogens is 365 g/mol. The van der Waals surface area contributed by atoms with Crippen molar-refractivity contribution in [2.45, 2.75) is 19.8 Å². The summed E-state index contributed by atoms with van der Waals surface area (Å²) in [6.07, 6.45) is 0.924. The third kappa shape index (κ3) is 3.65. The molecule has 0 aliphatic carbocycles. The number of carbonyl (C=O) groups excluding carboxylic acids is 1. The second-order valence-corrected chi connectivity index (χ2v) is 6.93. The first-order chi connectivity index (χ1) is 11.9. The van der Waals surface area contributed by atoms with Crippen LogP contribution in [0.15, 0.2) is 24.3 Å². The van der Waals surface area contributed by atoms with Gasteiger partial charge in [-0.2, -0.15) is 5.10 Å². The highest BCUT2D eigenvalue weighted by molar-refractivity contribution is 6.35. The predicted octanol–water partition coefficient (Wildman–Crippen LogP) is 3.42. The van der Waals surface area contributed by atoms with Gasteiger partial charge in [0.25, 0.3) is 5.91 Å². The van der Waals surface area contributed by atoms with Crippen LogP contribution in [0.2, 0.25) is 10.0 Å². The fourth-order valence-electron chi connectivity index (χ4n) is 2.97. The molecule has 0 atom stereocenters. The molecule has 1 saturated heterocycles. The molecule has 0 saturated carbocycles. The van der Waals surface area contributed by atoms with E-state index in [1.165, 1.54) is 0 Å². The van der Waals surface area contributed by atoms with Crippen molar-refractivity contribution in [1.29, 1.82) is 0 Å². The van der Waals surface area contributed by atoms with Gasteiger partial charge in [-0.25, -0.2) is 4.68 Å². The van der Waals surface area contributed by atoms with E-state index >= 15 is 0 Å². The topological polar surface area (TPSA) is 75.4 Å². The number of benzene rings is 1. The zero-order valence-corrected chi connectivity index (χ0v) is 15.1. The van der Waals surface area contributed by atoms with Crippen LogP contribution in [0.5, 0.6) is 0 Å². The number of amides is 1. The second-order valence-electron chi connectivity index (χ2n) is 6.08. The summed E-state index contributed by atoms with van der Waals surface area (Å²) < 4.78 is 1.61. The second kappa shape index (κ2) is 7.06. The molecule has 2 heterocycles. The van der Waals surface area contributed by atoms with Crippen molar-refractivity contribution in [3.8, 4) is 5.69 Å². The van der Waals surface area contributed by atoms with Crippen LogP contribution in [0, 0.1) is 12.8 Å². The van der Waals surface area contributed by atoms with Crippen LogP contribution in [0.1, 0.15) is 29.0 Å². The Labute approximate surface area is 154 Å². The van der Waals surface area contributed by atoms with E-state index < -0.39 is 5.97 Å². The maximum Gasteiger partial charge on any atom is 0.306 e. The van der Waals surface area contributed by atoms with E-state index in [1.807, 2.05) is 6.92 Å². The molecule has 2 aromatic rings. The van der Waals surface area contributed by atoms with E-state index in [9.17, 15) is 9.59 Å². The summed E-state index contributed by atoms with van der Waals surface area (Å²) in [6.45, 7) is 2.68. The van der Waals surface area contributed by atoms with Crippen molar-refractivity contribution < 1.29 is 14.7 Å². The zero-order valence-electron chi connectivity index (χ0n) is 13.6. The number of aromatic nitrogens is 2. The van der Waals surface area contributed by atoms with Crippen molar-refractivity contribution in [2.75, 3.05) is 13.1 Å². The number of carboxylic acid groups (broad SMARTS) is 1. The smallest absolute Gasteiger partial charge is 0.306 e. The number of hydrogen-bond acceptors (Lipinski definition) is 3. The lowest BCUT2D eigenvalue weighted by Gasteiger charge is -2.29. The van der Waals surface area contributed by atoms with Gasteiger partial charge in [-0.15, -0.1) is 0 Å². The number of aliphatic carboxylic acids is 1. The van der Waals surface area contributed by atoms with Gasteiger partial charge in [-0.1, -0.05) is 23.2 Å². The summed E-state index contributed by atoms with van der Waals surface area (Å²) in [5.74, 6) is -1.38. The predicted molar refractivity (Wildman–Crippen MR) is 94.6 cm³/mol. The molecule has 1 amide bonds. The molecule has 0 unspecified atom stereocenters.